The number of nitrogens with zero attached hydrogens (tertiary/aromatic N) is 3. The van der Waals surface area contributed by atoms with Gasteiger partial charge >= 0.3 is 0 Å². The van der Waals surface area contributed by atoms with E-state index in [0.29, 0.717) is 16.0 Å². The maximum Gasteiger partial charge on any atom is 0.254 e. The molecule has 3 rings (SSSR count). The van der Waals surface area contributed by atoms with E-state index in [-0.39, 0.29) is 12.1 Å². The first-order chi connectivity index (χ1) is 12.6. The van der Waals surface area contributed by atoms with E-state index in [1.165, 1.54) is 30.0 Å². The fourth-order valence-electron chi connectivity index (χ4n) is 2.41. The van der Waals surface area contributed by atoms with Crippen LogP contribution in [-0.2, 0) is 6.54 Å². The van der Waals surface area contributed by atoms with Gasteiger partial charge in [0.05, 0.1) is 17.8 Å². The van der Waals surface area contributed by atoms with Crippen molar-refractivity contribution in [3.05, 3.63) is 70.8 Å². The molecule has 1 heterocycles. The maximum atomic E-state index is 13.7. The number of carbonyl (C=O) groups is 1. The number of halogens is 2. The van der Waals surface area contributed by atoms with E-state index in [4.69, 9.17) is 11.6 Å². The molecule has 8 heteroatoms. The molecule has 0 aliphatic rings. The molecular formula is C18H16ClFN4OS. The monoisotopic (exact) mass is 390 g/mol. The first-order valence-electron chi connectivity index (χ1n) is 7.96. The van der Waals surface area contributed by atoms with Crippen LogP contribution >= 0.6 is 23.4 Å². The van der Waals surface area contributed by atoms with Gasteiger partial charge in [0, 0.05) is 5.02 Å². The molecule has 26 heavy (non-hydrogen) atoms. The van der Waals surface area contributed by atoms with Crippen LogP contribution in [0.25, 0.3) is 5.69 Å². The number of aromatic nitrogens is 3. The van der Waals surface area contributed by atoms with E-state index in [2.05, 4.69) is 15.5 Å². The number of thioether (sulfide) groups is 1. The zero-order chi connectivity index (χ0) is 18.5. The van der Waals surface area contributed by atoms with Crippen LogP contribution in [0.3, 0.4) is 0 Å². The molecule has 2 aromatic carbocycles. The smallest absolute Gasteiger partial charge is 0.254 e. The minimum absolute atomic E-state index is 0.00974. The highest BCUT2D eigenvalue weighted by Crippen LogP contribution is 2.23. The summed E-state index contributed by atoms with van der Waals surface area (Å²) in [7, 11) is 0. The van der Waals surface area contributed by atoms with E-state index in [1.807, 2.05) is 23.6 Å². The van der Waals surface area contributed by atoms with Crippen molar-refractivity contribution < 1.29 is 9.18 Å². The summed E-state index contributed by atoms with van der Waals surface area (Å²) in [6.45, 7) is 2.12. The molecule has 0 saturated carbocycles. The van der Waals surface area contributed by atoms with Crippen molar-refractivity contribution in [2.45, 2.75) is 18.6 Å². The number of rotatable bonds is 6. The molecule has 0 aliphatic heterocycles. The molecule has 0 bridgehead atoms. The van der Waals surface area contributed by atoms with E-state index in [1.54, 1.807) is 18.2 Å². The second-order valence-corrected chi connectivity index (χ2v) is 6.98. The minimum Gasteiger partial charge on any atom is -0.345 e. The predicted molar refractivity (Wildman–Crippen MR) is 100 cm³/mol. The lowest BCUT2D eigenvalue weighted by atomic mass is 10.2. The van der Waals surface area contributed by atoms with Crippen LogP contribution in [0.15, 0.2) is 53.7 Å². The molecule has 0 saturated heterocycles. The van der Waals surface area contributed by atoms with Crippen molar-refractivity contribution in [3.63, 3.8) is 0 Å². The number of hydrogen-bond acceptors (Lipinski definition) is 4. The van der Waals surface area contributed by atoms with E-state index >= 15 is 0 Å². The average molecular weight is 391 g/mol. The first-order valence-corrected chi connectivity index (χ1v) is 9.32. The molecule has 134 valence electrons. The lowest BCUT2D eigenvalue weighted by Gasteiger charge is -2.11. The Labute approximate surface area is 159 Å². The summed E-state index contributed by atoms with van der Waals surface area (Å²) in [6.07, 6.45) is 0. The molecule has 0 spiro atoms. The Morgan fingerprint density at radius 3 is 2.77 bits per heavy atom. The van der Waals surface area contributed by atoms with Gasteiger partial charge in [-0.25, -0.2) is 4.39 Å². The quantitative estimate of drug-likeness (QED) is 0.644. The summed E-state index contributed by atoms with van der Waals surface area (Å²) in [6, 6.07) is 13.1. The highest BCUT2D eigenvalue weighted by atomic mass is 35.5. The van der Waals surface area contributed by atoms with E-state index < -0.39 is 11.7 Å². The lowest BCUT2D eigenvalue weighted by Crippen LogP contribution is -2.25. The minimum atomic E-state index is -0.566. The Balaban J connectivity index is 1.86. The van der Waals surface area contributed by atoms with Crippen molar-refractivity contribution in [1.29, 1.82) is 0 Å². The second-order valence-electron chi connectivity index (χ2n) is 5.31. The highest BCUT2D eigenvalue weighted by molar-refractivity contribution is 7.99. The van der Waals surface area contributed by atoms with E-state index in [9.17, 15) is 9.18 Å². The summed E-state index contributed by atoms with van der Waals surface area (Å²) in [4.78, 5) is 12.2. The van der Waals surface area contributed by atoms with Crippen LogP contribution in [0.2, 0.25) is 5.02 Å². The second kappa shape index (κ2) is 8.33. The van der Waals surface area contributed by atoms with Gasteiger partial charge in [-0.2, -0.15) is 0 Å². The zero-order valence-corrected chi connectivity index (χ0v) is 15.5. The summed E-state index contributed by atoms with van der Waals surface area (Å²) < 4.78 is 15.6. The fourth-order valence-corrected chi connectivity index (χ4v) is 3.29. The van der Waals surface area contributed by atoms with Crippen LogP contribution in [-0.4, -0.2) is 26.4 Å². The van der Waals surface area contributed by atoms with Crippen LogP contribution in [0.4, 0.5) is 4.39 Å². The van der Waals surface area contributed by atoms with Gasteiger partial charge in [-0.3, -0.25) is 9.36 Å². The molecule has 1 amide bonds. The maximum absolute atomic E-state index is 13.7. The molecule has 1 N–H and O–H groups in total. The van der Waals surface area contributed by atoms with Crippen molar-refractivity contribution in [2.24, 2.45) is 0 Å². The van der Waals surface area contributed by atoms with Crippen LogP contribution in [0.1, 0.15) is 23.1 Å². The molecular weight excluding hydrogens is 375 g/mol. The predicted octanol–water partition coefficient (Wildman–Crippen LogP) is 4.10. The molecule has 1 aromatic heterocycles. The Kier molecular flexibility index (Phi) is 5.90. The molecule has 0 unspecified atom stereocenters. The lowest BCUT2D eigenvalue weighted by molar-refractivity contribution is 0.0945. The van der Waals surface area contributed by atoms with Crippen molar-refractivity contribution in [3.8, 4) is 5.69 Å². The van der Waals surface area contributed by atoms with Gasteiger partial charge in [0.1, 0.15) is 5.82 Å². The van der Waals surface area contributed by atoms with Gasteiger partial charge in [-0.05, 0) is 36.1 Å². The summed E-state index contributed by atoms with van der Waals surface area (Å²) in [5.41, 5.74) is 0.790. The number of hydrogen-bond donors (Lipinski definition) is 1. The molecule has 0 atom stereocenters. The van der Waals surface area contributed by atoms with E-state index in [0.717, 1.165) is 11.4 Å². The normalized spacial score (nSPS) is 10.7. The number of amides is 1. The van der Waals surface area contributed by atoms with Crippen LogP contribution < -0.4 is 5.32 Å². The Morgan fingerprint density at radius 1 is 1.23 bits per heavy atom. The summed E-state index contributed by atoms with van der Waals surface area (Å²) in [5.74, 6) is 0.283. The molecule has 0 radical (unpaired) electrons. The standard InChI is InChI=1S/C18H16ClFN4OS/c1-2-26-18-23-22-16(24(18)13-7-5-6-12(19)10-13)11-21-17(25)14-8-3-4-9-15(14)20/h3-10H,2,11H2,1H3,(H,21,25). The molecule has 0 aliphatic carbocycles. The summed E-state index contributed by atoms with van der Waals surface area (Å²) in [5, 5.41) is 12.3. The number of benzene rings is 2. The molecule has 0 fully saturated rings. The topological polar surface area (TPSA) is 59.8 Å². The molecule has 5 nitrogen and oxygen atoms in total. The number of nitrogens with one attached hydrogen (secondary N) is 1. The summed E-state index contributed by atoms with van der Waals surface area (Å²) >= 11 is 7.63. The first kappa shape index (κ1) is 18.4. The van der Waals surface area contributed by atoms with Gasteiger partial charge in [0.25, 0.3) is 5.91 Å². The highest BCUT2D eigenvalue weighted by Gasteiger charge is 2.16. The molecule has 3 aromatic rings. The van der Waals surface area contributed by atoms with Gasteiger partial charge < -0.3 is 5.32 Å². The van der Waals surface area contributed by atoms with Gasteiger partial charge in [-0.1, -0.05) is 48.5 Å². The Bertz CT molecular complexity index is 931. The Hall–Kier alpha value is -2.38. The fraction of sp³-hybridized carbons (Fsp3) is 0.167. The third kappa shape index (κ3) is 4.05. The van der Waals surface area contributed by atoms with Crippen molar-refractivity contribution in [2.75, 3.05) is 5.75 Å². The SMILES string of the molecule is CCSc1nnc(CNC(=O)c2ccccc2F)n1-c1cccc(Cl)c1. The average Bonchev–Trinajstić information content (AvgIpc) is 3.03. The third-order valence-corrected chi connectivity index (χ3v) is 4.61. The van der Waals surface area contributed by atoms with Crippen LogP contribution in [0.5, 0.6) is 0 Å². The van der Waals surface area contributed by atoms with Gasteiger partial charge in [0.2, 0.25) is 0 Å². The van der Waals surface area contributed by atoms with Crippen molar-refractivity contribution >= 4 is 29.3 Å². The van der Waals surface area contributed by atoms with Gasteiger partial charge in [0.15, 0.2) is 11.0 Å². The van der Waals surface area contributed by atoms with Crippen LogP contribution in [0, 0.1) is 5.82 Å². The Morgan fingerprint density at radius 2 is 2.04 bits per heavy atom. The van der Waals surface area contributed by atoms with Crippen molar-refractivity contribution in [1.82, 2.24) is 20.1 Å². The third-order valence-electron chi connectivity index (χ3n) is 3.57. The van der Waals surface area contributed by atoms with Gasteiger partial charge in [-0.15, -0.1) is 10.2 Å². The largest absolute Gasteiger partial charge is 0.345 e. The number of carbonyl (C=O) groups excluding carboxylic acids is 1. The zero-order valence-electron chi connectivity index (χ0n) is 13.9.